The molecule has 1 amide bonds. The number of hydrogen-bond donors (Lipinski definition) is 3. The van der Waals surface area contributed by atoms with Crippen molar-refractivity contribution in [2.45, 2.75) is 19.9 Å². The molecule has 0 aliphatic heterocycles. The normalized spacial score (nSPS) is 12.0. The number of methoxy groups -OCH3 is 1. The highest BCUT2D eigenvalue weighted by molar-refractivity contribution is 5.96. The van der Waals surface area contributed by atoms with Gasteiger partial charge in [-0.05, 0) is 24.1 Å². The van der Waals surface area contributed by atoms with Gasteiger partial charge in [0.25, 0.3) is 0 Å². The van der Waals surface area contributed by atoms with Crippen molar-refractivity contribution >= 4 is 23.3 Å². The Morgan fingerprint density at radius 2 is 1.95 bits per heavy atom. The highest BCUT2D eigenvalue weighted by atomic mass is 16.5. The number of rotatable bonds is 5. The van der Waals surface area contributed by atoms with Crippen molar-refractivity contribution in [1.29, 1.82) is 0 Å². The SMILES string of the molecule is COC(=O)c1cc(NC(C(N)=O)C(C)C)ccc1N. The van der Waals surface area contributed by atoms with Crippen LogP contribution in [0.5, 0.6) is 0 Å². The summed E-state index contributed by atoms with van der Waals surface area (Å²) in [4.78, 5) is 22.8. The van der Waals surface area contributed by atoms with Crippen LogP contribution in [0, 0.1) is 5.92 Å². The number of nitrogens with one attached hydrogen (secondary N) is 1. The number of ether oxygens (including phenoxy) is 1. The molecule has 0 aromatic heterocycles. The third kappa shape index (κ3) is 3.61. The van der Waals surface area contributed by atoms with Crippen LogP contribution in [-0.4, -0.2) is 25.0 Å². The van der Waals surface area contributed by atoms with Crippen LogP contribution >= 0.6 is 0 Å². The molecule has 1 atom stereocenters. The van der Waals surface area contributed by atoms with Crippen molar-refractivity contribution in [2.75, 3.05) is 18.2 Å². The molecule has 104 valence electrons. The summed E-state index contributed by atoms with van der Waals surface area (Å²) >= 11 is 0. The highest BCUT2D eigenvalue weighted by Gasteiger charge is 2.20. The fourth-order valence-electron chi connectivity index (χ4n) is 1.68. The molecular weight excluding hydrogens is 246 g/mol. The van der Waals surface area contributed by atoms with Gasteiger partial charge in [-0.1, -0.05) is 13.8 Å². The minimum absolute atomic E-state index is 0.0247. The highest BCUT2D eigenvalue weighted by Crippen LogP contribution is 2.20. The molecule has 0 spiro atoms. The second kappa shape index (κ2) is 6.08. The van der Waals surface area contributed by atoms with Gasteiger partial charge >= 0.3 is 5.97 Å². The summed E-state index contributed by atoms with van der Waals surface area (Å²) in [5.41, 5.74) is 12.2. The zero-order chi connectivity index (χ0) is 14.6. The first-order valence-electron chi connectivity index (χ1n) is 5.90. The third-order valence-electron chi connectivity index (χ3n) is 2.75. The molecule has 0 aliphatic rings. The van der Waals surface area contributed by atoms with Crippen LogP contribution in [0.15, 0.2) is 18.2 Å². The lowest BCUT2D eigenvalue weighted by atomic mass is 10.0. The van der Waals surface area contributed by atoms with Crippen molar-refractivity contribution in [3.63, 3.8) is 0 Å². The Balaban J connectivity index is 3.02. The minimum Gasteiger partial charge on any atom is -0.465 e. The molecular formula is C13H19N3O3. The van der Waals surface area contributed by atoms with Gasteiger partial charge in [-0.25, -0.2) is 4.79 Å². The van der Waals surface area contributed by atoms with Crippen LogP contribution in [0.3, 0.4) is 0 Å². The van der Waals surface area contributed by atoms with Crippen LogP contribution < -0.4 is 16.8 Å². The molecule has 0 saturated carbocycles. The van der Waals surface area contributed by atoms with E-state index in [0.717, 1.165) is 0 Å². The Hall–Kier alpha value is -2.24. The topological polar surface area (TPSA) is 107 Å². The fourth-order valence-corrected chi connectivity index (χ4v) is 1.68. The predicted molar refractivity (Wildman–Crippen MR) is 73.6 cm³/mol. The summed E-state index contributed by atoms with van der Waals surface area (Å²) in [6.07, 6.45) is 0. The lowest BCUT2D eigenvalue weighted by molar-refractivity contribution is -0.119. The van der Waals surface area contributed by atoms with Gasteiger partial charge in [-0.3, -0.25) is 4.79 Å². The Morgan fingerprint density at radius 1 is 1.32 bits per heavy atom. The second-order valence-electron chi connectivity index (χ2n) is 4.56. The van der Waals surface area contributed by atoms with E-state index < -0.39 is 17.9 Å². The number of amides is 1. The third-order valence-corrected chi connectivity index (χ3v) is 2.75. The van der Waals surface area contributed by atoms with Crippen molar-refractivity contribution < 1.29 is 14.3 Å². The molecule has 0 bridgehead atoms. The van der Waals surface area contributed by atoms with Gasteiger partial charge in [0.1, 0.15) is 6.04 Å². The van der Waals surface area contributed by atoms with E-state index in [1.807, 2.05) is 13.8 Å². The van der Waals surface area contributed by atoms with E-state index in [-0.39, 0.29) is 11.5 Å². The van der Waals surface area contributed by atoms with Gasteiger partial charge < -0.3 is 21.5 Å². The van der Waals surface area contributed by atoms with Crippen LogP contribution in [0.4, 0.5) is 11.4 Å². The van der Waals surface area contributed by atoms with Crippen LogP contribution in [-0.2, 0) is 9.53 Å². The molecule has 1 unspecified atom stereocenters. The maximum Gasteiger partial charge on any atom is 0.340 e. The summed E-state index contributed by atoms with van der Waals surface area (Å²) < 4.78 is 4.63. The van der Waals surface area contributed by atoms with E-state index in [2.05, 4.69) is 10.1 Å². The van der Waals surface area contributed by atoms with Gasteiger partial charge in [-0.2, -0.15) is 0 Å². The average Bonchev–Trinajstić information content (AvgIpc) is 2.35. The van der Waals surface area contributed by atoms with Gasteiger partial charge in [0.2, 0.25) is 5.91 Å². The van der Waals surface area contributed by atoms with E-state index >= 15 is 0 Å². The van der Waals surface area contributed by atoms with Gasteiger partial charge in [0.05, 0.1) is 12.7 Å². The van der Waals surface area contributed by atoms with E-state index in [1.54, 1.807) is 18.2 Å². The summed E-state index contributed by atoms with van der Waals surface area (Å²) in [7, 11) is 1.28. The Labute approximate surface area is 112 Å². The number of anilines is 2. The number of benzene rings is 1. The minimum atomic E-state index is -0.527. The van der Waals surface area contributed by atoms with Crippen molar-refractivity contribution in [1.82, 2.24) is 0 Å². The Kier molecular flexibility index (Phi) is 4.74. The number of nitrogen functional groups attached to an aromatic ring is 1. The fraction of sp³-hybridized carbons (Fsp3) is 0.385. The lowest BCUT2D eigenvalue weighted by Gasteiger charge is -2.20. The zero-order valence-corrected chi connectivity index (χ0v) is 11.3. The van der Waals surface area contributed by atoms with E-state index in [1.165, 1.54) is 7.11 Å². The first kappa shape index (κ1) is 14.8. The number of carbonyl (C=O) groups excluding carboxylic acids is 2. The molecule has 1 rings (SSSR count). The molecule has 0 fully saturated rings. The average molecular weight is 265 g/mol. The number of hydrogen-bond acceptors (Lipinski definition) is 5. The summed E-state index contributed by atoms with van der Waals surface area (Å²) in [6, 6.07) is 4.28. The number of carbonyl (C=O) groups is 2. The molecule has 0 aliphatic carbocycles. The van der Waals surface area contributed by atoms with E-state index in [4.69, 9.17) is 11.5 Å². The molecule has 1 aromatic carbocycles. The van der Waals surface area contributed by atoms with Crippen molar-refractivity contribution in [2.24, 2.45) is 11.7 Å². The summed E-state index contributed by atoms with van der Waals surface area (Å²) in [5.74, 6) is -0.954. The maximum absolute atomic E-state index is 11.5. The smallest absolute Gasteiger partial charge is 0.340 e. The maximum atomic E-state index is 11.5. The number of nitrogens with two attached hydrogens (primary N) is 2. The molecule has 19 heavy (non-hydrogen) atoms. The van der Waals surface area contributed by atoms with E-state index in [9.17, 15) is 9.59 Å². The first-order valence-corrected chi connectivity index (χ1v) is 5.90. The molecule has 5 N–H and O–H groups in total. The van der Waals surface area contributed by atoms with Crippen molar-refractivity contribution in [3.8, 4) is 0 Å². The number of primary amides is 1. The molecule has 0 heterocycles. The Morgan fingerprint density at radius 3 is 2.42 bits per heavy atom. The predicted octanol–water partition coefficient (Wildman–Crippen LogP) is 0.977. The second-order valence-corrected chi connectivity index (χ2v) is 4.56. The summed E-state index contributed by atoms with van der Waals surface area (Å²) in [5, 5.41) is 2.99. The zero-order valence-electron chi connectivity index (χ0n) is 11.3. The summed E-state index contributed by atoms with van der Waals surface area (Å²) in [6.45, 7) is 3.75. The molecule has 1 aromatic rings. The van der Waals surface area contributed by atoms with E-state index in [0.29, 0.717) is 11.4 Å². The monoisotopic (exact) mass is 265 g/mol. The largest absolute Gasteiger partial charge is 0.465 e. The lowest BCUT2D eigenvalue weighted by Crippen LogP contribution is -2.39. The van der Waals surface area contributed by atoms with Crippen molar-refractivity contribution in [3.05, 3.63) is 23.8 Å². The quantitative estimate of drug-likeness (QED) is 0.543. The molecule has 6 heteroatoms. The van der Waals surface area contributed by atoms with Gasteiger partial charge in [0.15, 0.2) is 0 Å². The molecule has 0 saturated heterocycles. The Bertz CT molecular complexity index is 486. The molecule has 0 radical (unpaired) electrons. The van der Waals surface area contributed by atoms with Gasteiger partial charge in [-0.15, -0.1) is 0 Å². The number of esters is 1. The van der Waals surface area contributed by atoms with Crippen LogP contribution in [0.1, 0.15) is 24.2 Å². The van der Waals surface area contributed by atoms with Crippen LogP contribution in [0.25, 0.3) is 0 Å². The first-order chi connectivity index (χ1) is 8.86. The van der Waals surface area contributed by atoms with Gasteiger partial charge in [0, 0.05) is 11.4 Å². The molecule has 6 nitrogen and oxygen atoms in total. The standard InChI is InChI=1S/C13H19N3O3/c1-7(2)11(12(15)17)16-8-4-5-10(14)9(6-8)13(18)19-3/h4-7,11,16H,14H2,1-3H3,(H2,15,17). The van der Waals surface area contributed by atoms with Crippen LogP contribution in [0.2, 0.25) is 0 Å².